The van der Waals surface area contributed by atoms with Crippen molar-refractivity contribution in [2.45, 2.75) is 32.1 Å². The van der Waals surface area contributed by atoms with E-state index in [0.29, 0.717) is 19.3 Å². The maximum Gasteiger partial charge on any atom is 0.338 e. The van der Waals surface area contributed by atoms with Crippen LogP contribution in [0.25, 0.3) is 0 Å². The molecule has 0 rings (SSSR count). The van der Waals surface area contributed by atoms with Gasteiger partial charge in [-0.2, -0.15) is 0 Å². The van der Waals surface area contributed by atoms with E-state index in [1.54, 1.807) is 0 Å². The van der Waals surface area contributed by atoms with Gasteiger partial charge in [-0.25, -0.2) is 4.79 Å². The van der Waals surface area contributed by atoms with E-state index in [1.807, 2.05) is 5.34 Å². The zero-order valence-electron chi connectivity index (χ0n) is 7.06. The molecule has 0 aliphatic heterocycles. The third kappa shape index (κ3) is 8.45. The summed E-state index contributed by atoms with van der Waals surface area (Å²) in [5.74, 6) is -1.53. The summed E-state index contributed by atoms with van der Waals surface area (Å²) in [6.07, 6.45) is 1.87. The van der Waals surface area contributed by atoms with Crippen molar-refractivity contribution in [1.82, 2.24) is 0 Å². The average Bonchev–Trinajstić information content (AvgIpc) is 2.03. The molecule has 0 atom stereocenters. The lowest BCUT2D eigenvalue weighted by Gasteiger charge is -1.95. The average molecular weight is 189 g/mol. The molecule has 13 heavy (non-hydrogen) atoms. The first-order valence-electron chi connectivity index (χ1n) is 3.91. The third-order valence-corrected chi connectivity index (χ3v) is 1.41. The molecule has 0 aromatic carbocycles. The van der Waals surface area contributed by atoms with Crippen molar-refractivity contribution in [3.63, 3.8) is 0 Å². The van der Waals surface area contributed by atoms with Gasteiger partial charge in [-0.3, -0.25) is 9.63 Å². The number of rotatable bonds is 7. The molecule has 0 amide bonds. The van der Waals surface area contributed by atoms with E-state index in [1.165, 1.54) is 0 Å². The van der Waals surface area contributed by atoms with E-state index < -0.39 is 11.9 Å². The largest absolute Gasteiger partial charge is 0.481 e. The van der Waals surface area contributed by atoms with E-state index in [9.17, 15) is 14.5 Å². The van der Waals surface area contributed by atoms with E-state index in [4.69, 9.17) is 5.11 Å². The number of hydrogen-bond donors (Lipinski definition) is 1. The van der Waals surface area contributed by atoms with Gasteiger partial charge in [-0.15, -0.1) is 4.91 Å². The Hall–Kier alpha value is -1.46. The molecule has 1 N–H and O–H groups in total. The lowest BCUT2D eigenvalue weighted by Crippen LogP contribution is -1.99. The summed E-state index contributed by atoms with van der Waals surface area (Å²) in [7, 11) is 0. The maximum atomic E-state index is 10.5. The molecule has 0 heterocycles. The number of unbranched alkanes of at least 4 members (excludes halogenated alkanes) is 2. The number of carboxylic acids is 1. The smallest absolute Gasteiger partial charge is 0.338 e. The normalized spacial score (nSPS) is 9.23. The van der Waals surface area contributed by atoms with Crippen LogP contribution in [0, 0.1) is 4.91 Å². The first-order chi connectivity index (χ1) is 6.16. The van der Waals surface area contributed by atoms with Gasteiger partial charge in [0.2, 0.25) is 0 Å². The third-order valence-electron chi connectivity index (χ3n) is 1.41. The minimum absolute atomic E-state index is 0.0982. The van der Waals surface area contributed by atoms with E-state index in [2.05, 4.69) is 4.84 Å². The van der Waals surface area contributed by atoms with E-state index in [-0.39, 0.29) is 12.8 Å². The van der Waals surface area contributed by atoms with Gasteiger partial charge in [-0.1, -0.05) is 6.42 Å². The van der Waals surface area contributed by atoms with Crippen molar-refractivity contribution < 1.29 is 19.5 Å². The van der Waals surface area contributed by atoms with Gasteiger partial charge in [0.25, 0.3) is 0 Å². The Morgan fingerprint density at radius 1 is 1.15 bits per heavy atom. The van der Waals surface area contributed by atoms with Crippen LogP contribution < -0.4 is 0 Å². The Balaban J connectivity index is 3.20. The molecule has 0 fully saturated rings. The van der Waals surface area contributed by atoms with Gasteiger partial charge in [-0.05, 0) is 12.8 Å². The molecule has 0 aromatic rings. The van der Waals surface area contributed by atoms with Gasteiger partial charge < -0.3 is 5.11 Å². The molecule has 0 saturated carbocycles. The topological polar surface area (TPSA) is 93.0 Å². The fourth-order valence-corrected chi connectivity index (χ4v) is 0.810. The summed E-state index contributed by atoms with van der Waals surface area (Å²) in [4.78, 5) is 33.8. The number of carbonyl (C=O) groups excluding carboxylic acids is 1. The molecule has 0 bridgehead atoms. The molecule has 0 aromatic heterocycles. The number of carbonyl (C=O) groups is 2. The highest BCUT2D eigenvalue weighted by Crippen LogP contribution is 2.03. The highest BCUT2D eigenvalue weighted by Gasteiger charge is 2.03. The predicted octanol–water partition coefficient (Wildman–Crippen LogP) is 1.25. The lowest BCUT2D eigenvalue weighted by molar-refractivity contribution is -0.144. The maximum absolute atomic E-state index is 10.5. The molecule has 0 aliphatic rings. The highest BCUT2D eigenvalue weighted by atomic mass is 16.7. The van der Waals surface area contributed by atoms with Crippen LogP contribution in [0.4, 0.5) is 0 Å². The first-order valence-corrected chi connectivity index (χ1v) is 3.91. The van der Waals surface area contributed by atoms with Gasteiger partial charge in [0.15, 0.2) is 5.34 Å². The van der Waals surface area contributed by atoms with Crippen LogP contribution in [0.2, 0.25) is 0 Å². The Kier molecular flexibility index (Phi) is 6.39. The quantitative estimate of drug-likeness (QED) is 0.369. The highest BCUT2D eigenvalue weighted by molar-refractivity contribution is 5.69. The zero-order chi connectivity index (χ0) is 10.1. The van der Waals surface area contributed by atoms with Crippen LogP contribution in [-0.2, 0) is 14.4 Å². The lowest BCUT2D eigenvalue weighted by atomic mass is 10.1. The van der Waals surface area contributed by atoms with Crippen LogP contribution in [0.5, 0.6) is 0 Å². The Morgan fingerprint density at radius 3 is 2.31 bits per heavy atom. The van der Waals surface area contributed by atoms with Crippen LogP contribution in [0.1, 0.15) is 32.1 Å². The Labute approximate surface area is 74.8 Å². The number of carboxylic acid groups (broad SMARTS) is 1. The van der Waals surface area contributed by atoms with Gasteiger partial charge in [0.1, 0.15) is 0 Å². The van der Waals surface area contributed by atoms with Crippen molar-refractivity contribution in [2.75, 3.05) is 0 Å². The molecular formula is C7H11NO5. The number of hydrogen-bond acceptors (Lipinski definition) is 5. The standard InChI is InChI=1S/C7H11NO5/c9-6(10)4-2-1-3-5-7(11)13-8-12/h1-5H2,(H,9,10). The van der Waals surface area contributed by atoms with Gasteiger partial charge in [0.05, 0.1) is 0 Å². The molecular weight excluding hydrogens is 178 g/mol. The van der Waals surface area contributed by atoms with Crippen molar-refractivity contribution in [2.24, 2.45) is 5.34 Å². The number of nitrogens with zero attached hydrogens (tertiary/aromatic N) is 1. The van der Waals surface area contributed by atoms with Crippen molar-refractivity contribution in [3.8, 4) is 0 Å². The van der Waals surface area contributed by atoms with Crippen LogP contribution in [0.3, 0.4) is 0 Å². The van der Waals surface area contributed by atoms with E-state index >= 15 is 0 Å². The summed E-state index contributed by atoms with van der Waals surface area (Å²) in [6, 6.07) is 0. The minimum Gasteiger partial charge on any atom is -0.481 e. The van der Waals surface area contributed by atoms with Crippen LogP contribution in [-0.4, -0.2) is 17.0 Å². The zero-order valence-corrected chi connectivity index (χ0v) is 7.06. The second-order valence-electron chi connectivity index (χ2n) is 2.49. The summed E-state index contributed by atoms with van der Waals surface area (Å²) < 4.78 is 0. The fraction of sp³-hybridized carbons (Fsp3) is 0.714. The van der Waals surface area contributed by atoms with E-state index in [0.717, 1.165) is 0 Å². The van der Waals surface area contributed by atoms with Crippen LogP contribution in [0.15, 0.2) is 5.34 Å². The molecule has 6 nitrogen and oxygen atoms in total. The summed E-state index contributed by atoms with van der Waals surface area (Å²) >= 11 is 0. The molecule has 0 radical (unpaired) electrons. The Morgan fingerprint density at radius 2 is 1.77 bits per heavy atom. The summed E-state index contributed by atoms with van der Waals surface area (Å²) in [5.41, 5.74) is 0. The Bertz CT molecular complexity index is 191. The van der Waals surface area contributed by atoms with Crippen LogP contribution >= 0.6 is 0 Å². The van der Waals surface area contributed by atoms with Gasteiger partial charge in [0, 0.05) is 12.8 Å². The van der Waals surface area contributed by atoms with Crippen molar-refractivity contribution in [3.05, 3.63) is 4.91 Å². The van der Waals surface area contributed by atoms with Gasteiger partial charge >= 0.3 is 11.9 Å². The monoisotopic (exact) mass is 189 g/mol. The molecule has 0 spiro atoms. The first kappa shape index (κ1) is 11.5. The predicted molar refractivity (Wildman–Crippen MR) is 42.6 cm³/mol. The molecule has 0 aliphatic carbocycles. The fourth-order valence-electron chi connectivity index (χ4n) is 0.810. The molecule has 74 valence electrons. The molecule has 0 unspecified atom stereocenters. The minimum atomic E-state index is -0.850. The number of aliphatic carboxylic acids is 1. The van der Waals surface area contributed by atoms with Crippen molar-refractivity contribution >= 4 is 11.9 Å². The second-order valence-corrected chi connectivity index (χ2v) is 2.49. The second kappa shape index (κ2) is 7.20. The molecule has 6 heteroatoms. The SMILES string of the molecule is O=NOC(=O)CCCCCC(=O)O. The molecule has 0 saturated heterocycles. The summed E-state index contributed by atoms with van der Waals surface area (Å²) in [6.45, 7) is 0. The summed E-state index contributed by atoms with van der Waals surface area (Å²) in [5, 5.41) is 10.2. The van der Waals surface area contributed by atoms with Crippen molar-refractivity contribution in [1.29, 1.82) is 0 Å².